The van der Waals surface area contributed by atoms with Gasteiger partial charge in [-0.2, -0.15) is 5.10 Å². The fourth-order valence-electron chi connectivity index (χ4n) is 2.16. The number of nitrogens with one attached hydrogen (secondary N) is 1. The largest absolute Gasteiger partial charge is 0.476 e. The van der Waals surface area contributed by atoms with Gasteiger partial charge in [-0.1, -0.05) is 6.08 Å². The number of fused-ring (bicyclic) bond motifs is 3. The average Bonchev–Trinajstić information content (AvgIpc) is 2.67. The van der Waals surface area contributed by atoms with Crippen molar-refractivity contribution in [1.82, 2.24) is 10.2 Å². The lowest BCUT2D eigenvalue weighted by molar-refractivity contribution is 0.0689. The molecule has 0 aliphatic heterocycles. The highest BCUT2D eigenvalue weighted by molar-refractivity contribution is 5.87. The molecule has 0 saturated heterocycles. The fourth-order valence-corrected chi connectivity index (χ4v) is 2.16. The zero-order chi connectivity index (χ0) is 11.0. The molecule has 1 unspecified atom stereocenters. The van der Waals surface area contributed by atoms with Crippen LogP contribution in [-0.2, 0) is 6.42 Å². The van der Waals surface area contributed by atoms with Gasteiger partial charge in [-0.15, -0.1) is 6.58 Å². The number of aromatic amines is 1. The molecule has 4 heteroatoms. The monoisotopic (exact) mass is 206 g/mol. The standard InChI is InChI=1S/C8H8N2O2.C3H6/c11-8(12)7-5-2-3-1-4(3)6(5)9-10-7;1-3-2/h3-4H,1-2H2,(H,9,10)(H,11,12);3H,1H2,2H3/t3-,4?;/m1./s1. The minimum absolute atomic E-state index is 0.234. The minimum Gasteiger partial charge on any atom is -0.476 e. The van der Waals surface area contributed by atoms with Crippen molar-refractivity contribution in [1.29, 1.82) is 0 Å². The lowest BCUT2D eigenvalue weighted by atomic mass is 10.1. The summed E-state index contributed by atoms with van der Waals surface area (Å²) in [6.45, 7) is 5.25. The van der Waals surface area contributed by atoms with Crippen molar-refractivity contribution in [3.05, 3.63) is 29.6 Å². The van der Waals surface area contributed by atoms with Gasteiger partial charge >= 0.3 is 5.97 Å². The molecule has 80 valence electrons. The second-order valence-corrected chi connectivity index (χ2v) is 3.98. The van der Waals surface area contributed by atoms with Gasteiger partial charge in [0.15, 0.2) is 5.69 Å². The Balaban J connectivity index is 0.000000258. The van der Waals surface area contributed by atoms with Gasteiger partial charge in [0, 0.05) is 17.2 Å². The SMILES string of the molecule is C=CC.O=C(O)c1n[nH]c2c1C[C@H]1CC21. The summed E-state index contributed by atoms with van der Waals surface area (Å²) in [6, 6.07) is 0. The highest BCUT2D eigenvalue weighted by atomic mass is 16.4. The summed E-state index contributed by atoms with van der Waals surface area (Å²) < 4.78 is 0. The highest BCUT2D eigenvalue weighted by Crippen LogP contribution is 2.55. The molecule has 1 fully saturated rings. The number of allylic oxidation sites excluding steroid dienone is 1. The quantitative estimate of drug-likeness (QED) is 0.690. The first-order valence-corrected chi connectivity index (χ1v) is 5.06. The molecular weight excluding hydrogens is 192 g/mol. The third-order valence-corrected chi connectivity index (χ3v) is 2.86. The normalized spacial score (nSPS) is 24.6. The lowest BCUT2D eigenvalue weighted by Gasteiger charge is -1.92. The van der Waals surface area contributed by atoms with Gasteiger partial charge in [0.25, 0.3) is 0 Å². The highest BCUT2D eigenvalue weighted by Gasteiger charge is 2.48. The Morgan fingerprint density at radius 3 is 3.00 bits per heavy atom. The van der Waals surface area contributed by atoms with E-state index >= 15 is 0 Å². The molecule has 0 aromatic carbocycles. The Morgan fingerprint density at radius 2 is 2.40 bits per heavy atom. The van der Waals surface area contributed by atoms with Gasteiger partial charge in [0.2, 0.25) is 0 Å². The predicted octanol–water partition coefficient (Wildman–Crippen LogP) is 1.96. The number of hydrogen-bond acceptors (Lipinski definition) is 2. The molecule has 1 heterocycles. The van der Waals surface area contributed by atoms with E-state index in [4.69, 9.17) is 5.11 Å². The fraction of sp³-hybridized carbons (Fsp3) is 0.455. The number of aromatic nitrogens is 2. The van der Waals surface area contributed by atoms with Crippen LogP contribution in [0.15, 0.2) is 12.7 Å². The third kappa shape index (κ3) is 1.56. The number of rotatable bonds is 1. The first-order chi connectivity index (χ1) is 7.19. The molecule has 0 bridgehead atoms. The van der Waals surface area contributed by atoms with Crippen LogP contribution in [0.3, 0.4) is 0 Å². The van der Waals surface area contributed by atoms with Gasteiger partial charge < -0.3 is 5.11 Å². The van der Waals surface area contributed by atoms with E-state index in [-0.39, 0.29) is 5.69 Å². The predicted molar refractivity (Wildman–Crippen MR) is 56.0 cm³/mol. The number of carboxylic acid groups (broad SMARTS) is 1. The molecule has 1 saturated carbocycles. The molecule has 2 atom stereocenters. The maximum absolute atomic E-state index is 10.7. The molecule has 2 aliphatic rings. The molecule has 3 rings (SSSR count). The van der Waals surface area contributed by atoms with E-state index < -0.39 is 5.97 Å². The van der Waals surface area contributed by atoms with E-state index in [0.717, 1.165) is 17.7 Å². The Morgan fingerprint density at radius 1 is 1.73 bits per heavy atom. The number of nitrogens with zero attached hydrogens (tertiary/aromatic N) is 1. The van der Waals surface area contributed by atoms with Crippen LogP contribution in [-0.4, -0.2) is 21.3 Å². The summed E-state index contributed by atoms with van der Waals surface area (Å²) in [4.78, 5) is 10.7. The summed E-state index contributed by atoms with van der Waals surface area (Å²) in [5.74, 6) is 0.404. The second-order valence-electron chi connectivity index (χ2n) is 3.98. The first-order valence-electron chi connectivity index (χ1n) is 5.06. The maximum atomic E-state index is 10.7. The van der Waals surface area contributed by atoms with Gasteiger partial charge in [-0.3, -0.25) is 5.10 Å². The van der Waals surface area contributed by atoms with Crippen molar-refractivity contribution in [2.45, 2.75) is 25.7 Å². The van der Waals surface area contributed by atoms with Crippen LogP contribution in [0, 0.1) is 5.92 Å². The molecule has 15 heavy (non-hydrogen) atoms. The van der Waals surface area contributed by atoms with Crippen LogP contribution in [0.2, 0.25) is 0 Å². The van der Waals surface area contributed by atoms with Crippen molar-refractivity contribution < 1.29 is 9.90 Å². The van der Waals surface area contributed by atoms with Gasteiger partial charge in [-0.05, 0) is 25.7 Å². The molecule has 0 radical (unpaired) electrons. The van der Waals surface area contributed by atoms with E-state index in [2.05, 4.69) is 16.8 Å². The van der Waals surface area contributed by atoms with Crippen LogP contribution in [0.5, 0.6) is 0 Å². The minimum atomic E-state index is -0.909. The summed E-state index contributed by atoms with van der Waals surface area (Å²) in [5.41, 5.74) is 2.26. The number of carbonyl (C=O) groups is 1. The van der Waals surface area contributed by atoms with Crippen molar-refractivity contribution in [2.75, 3.05) is 0 Å². The Labute approximate surface area is 88.0 Å². The van der Waals surface area contributed by atoms with Crippen molar-refractivity contribution in [2.24, 2.45) is 5.92 Å². The topological polar surface area (TPSA) is 66.0 Å². The summed E-state index contributed by atoms with van der Waals surface area (Å²) >= 11 is 0. The smallest absolute Gasteiger partial charge is 0.356 e. The van der Waals surface area contributed by atoms with Gasteiger partial charge in [0.05, 0.1) is 0 Å². The van der Waals surface area contributed by atoms with Crippen LogP contribution in [0.1, 0.15) is 41.0 Å². The summed E-state index contributed by atoms with van der Waals surface area (Å²) in [7, 11) is 0. The van der Waals surface area contributed by atoms with Crippen molar-refractivity contribution in [3.8, 4) is 0 Å². The van der Waals surface area contributed by atoms with Crippen LogP contribution >= 0.6 is 0 Å². The molecule has 0 amide bonds. The van der Waals surface area contributed by atoms with E-state index in [0.29, 0.717) is 11.8 Å². The summed E-state index contributed by atoms with van der Waals surface area (Å²) in [6.07, 6.45) is 3.88. The molecular formula is C11H14N2O2. The molecule has 2 N–H and O–H groups in total. The summed E-state index contributed by atoms with van der Waals surface area (Å²) in [5, 5.41) is 15.4. The maximum Gasteiger partial charge on any atom is 0.356 e. The molecule has 1 aromatic heterocycles. The van der Waals surface area contributed by atoms with Crippen molar-refractivity contribution in [3.63, 3.8) is 0 Å². The van der Waals surface area contributed by atoms with E-state index in [9.17, 15) is 4.79 Å². The Bertz CT molecular complexity index is 409. The Hall–Kier alpha value is -1.58. The number of H-pyrrole nitrogens is 1. The third-order valence-electron chi connectivity index (χ3n) is 2.86. The van der Waals surface area contributed by atoms with Crippen LogP contribution < -0.4 is 0 Å². The Kier molecular flexibility index (Phi) is 2.34. The second kappa shape index (κ2) is 3.53. The molecule has 0 spiro atoms. The van der Waals surface area contributed by atoms with Gasteiger partial charge in [0.1, 0.15) is 0 Å². The molecule has 4 nitrogen and oxygen atoms in total. The number of carboxylic acids is 1. The first kappa shape index (κ1) is 9.96. The zero-order valence-electron chi connectivity index (χ0n) is 8.66. The van der Waals surface area contributed by atoms with Crippen LogP contribution in [0.4, 0.5) is 0 Å². The van der Waals surface area contributed by atoms with E-state index in [1.165, 1.54) is 6.42 Å². The van der Waals surface area contributed by atoms with Gasteiger partial charge in [-0.25, -0.2) is 4.79 Å². The number of hydrogen-bond donors (Lipinski definition) is 2. The van der Waals surface area contributed by atoms with Crippen LogP contribution in [0.25, 0.3) is 0 Å². The zero-order valence-corrected chi connectivity index (χ0v) is 8.66. The molecule has 1 aromatic rings. The number of aromatic carboxylic acids is 1. The average molecular weight is 206 g/mol. The van der Waals surface area contributed by atoms with E-state index in [1.807, 2.05) is 6.92 Å². The lowest BCUT2D eigenvalue weighted by Crippen LogP contribution is -2.01. The molecule has 2 aliphatic carbocycles. The van der Waals surface area contributed by atoms with E-state index in [1.54, 1.807) is 6.08 Å². The van der Waals surface area contributed by atoms with Crippen molar-refractivity contribution >= 4 is 5.97 Å².